The minimum Gasteiger partial charge on any atom is -0.466 e. The highest BCUT2D eigenvalue weighted by molar-refractivity contribution is 7.25. The molecule has 2 nitrogen and oxygen atoms in total. The number of hydrogen-bond acceptors (Lipinski definition) is 3. The Morgan fingerprint density at radius 2 is 2.00 bits per heavy atom. The summed E-state index contributed by atoms with van der Waals surface area (Å²) in [7, 11) is 0. The van der Waals surface area contributed by atoms with Crippen LogP contribution in [0.3, 0.4) is 0 Å². The molecule has 0 aliphatic rings. The van der Waals surface area contributed by atoms with E-state index in [9.17, 15) is 4.79 Å². The van der Waals surface area contributed by atoms with Crippen LogP contribution in [-0.2, 0) is 9.53 Å². The lowest BCUT2D eigenvalue weighted by Crippen LogP contribution is -2.12. The van der Waals surface area contributed by atoms with Gasteiger partial charge in [0, 0.05) is 25.2 Å². The predicted molar refractivity (Wildman–Crippen MR) is 89.4 cm³/mol. The third-order valence-electron chi connectivity index (χ3n) is 3.60. The maximum atomic E-state index is 11.9. The van der Waals surface area contributed by atoms with Gasteiger partial charge >= 0.3 is 5.97 Å². The molecule has 1 atom stereocenters. The van der Waals surface area contributed by atoms with Gasteiger partial charge in [-0.2, -0.15) is 0 Å². The van der Waals surface area contributed by atoms with Crippen molar-refractivity contribution in [3.63, 3.8) is 0 Å². The molecule has 4 heteroatoms. The van der Waals surface area contributed by atoms with Crippen molar-refractivity contribution in [1.82, 2.24) is 0 Å². The summed E-state index contributed by atoms with van der Waals surface area (Å²) in [6.07, 6.45) is 0. The summed E-state index contributed by atoms with van der Waals surface area (Å²) in [4.78, 5) is 11.9. The fourth-order valence-electron chi connectivity index (χ4n) is 2.44. The van der Waals surface area contributed by atoms with Crippen molar-refractivity contribution < 1.29 is 9.53 Å². The van der Waals surface area contributed by atoms with E-state index in [1.165, 1.54) is 14.8 Å². The lowest BCUT2D eigenvalue weighted by molar-refractivity contribution is -0.144. The Labute approximate surface area is 132 Å². The van der Waals surface area contributed by atoms with Gasteiger partial charge in [-0.25, -0.2) is 0 Å². The number of thiophene rings is 1. The molecule has 2 aromatic carbocycles. The SMILES string of the molecule is CCOC(=O)C(C)c1ccc2c(c1)sc1ccc(Cl)cc12. The van der Waals surface area contributed by atoms with E-state index < -0.39 is 0 Å². The number of fused-ring (bicyclic) bond motifs is 3. The van der Waals surface area contributed by atoms with Gasteiger partial charge in [-0.1, -0.05) is 23.7 Å². The lowest BCUT2D eigenvalue weighted by Gasteiger charge is -2.10. The van der Waals surface area contributed by atoms with Gasteiger partial charge in [0.15, 0.2) is 0 Å². The number of benzene rings is 2. The summed E-state index contributed by atoms with van der Waals surface area (Å²) in [5.74, 6) is -0.427. The smallest absolute Gasteiger partial charge is 0.313 e. The fraction of sp³-hybridized carbons (Fsp3) is 0.235. The van der Waals surface area contributed by atoms with Gasteiger partial charge < -0.3 is 4.74 Å². The number of esters is 1. The van der Waals surface area contributed by atoms with Crippen molar-refractivity contribution in [2.75, 3.05) is 6.61 Å². The largest absolute Gasteiger partial charge is 0.466 e. The molecule has 3 aromatic rings. The van der Waals surface area contributed by atoms with E-state index in [2.05, 4.69) is 12.1 Å². The van der Waals surface area contributed by atoms with Gasteiger partial charge in [-0.3, -0.25) is 4.79 Å². The van der Waals surface area contributed by atoms with Crippen LogP contribution in [0.1, 0.15) is 25.3 Å². The lowest BCUT2D eigenvalue weighted by atomic mass is 10.00. The van der Waals surface area contributed by atoms with Crippen LogP contribution in [0.25, 0.3) is 20.2 Å². The standard InChI is InChI=1S/C17H15ClO2S/c1-3-20-17(19)10(2)11-4-6-13-14-9-12(18)5-7-15(14)21-16(13)8-11/h4-10H,3H2,1-2H3. The Balaban J connectivity index is 2.08. The average Bonchev–Trinajstić information content (AvgIpc) is 2.83. The highest BCUT2D eigenvalue weighted by Gasteiger charge is 2.17. The molecule has 1 aromatic heterocycles. The third kappa shape index (κ3) is 2.63. The molecule has 3 rings (SSSR count). The van der Waals surface area contributed by atoms with E-state index in [0.717, 1.165) is 16.0 Å². The molecule has 0 saturated carbocycles. The Morgan fingerprint density at radius 3 is 2.76 bits per heavy atom. The minimum atomic E-state index is -0.247. The molecule has 1 heterocycles. The van der Waals surface area contributed by atoms with Crippen LogP contribution < -0.4 is 0 Å². The van der Waals surface area contributed by atoms with Gasteiger partial charge in [0.05, 0.1) is 12.5 Å². The van der Waals surface area contributed by atoms with Gasteiger partial charge in [-0.05, 0) is 43.7 Å². The quantitative estimate of drug-likeness (QED) is 0.606. The maximum Gasteiger partial charge on any atom is 0.313 e. The molecule has 0 N–H and O–H groups in total. The van der Waals surface area contributed by atoms with Crippen LogP contribution >= 0.6 is 22.9 Å². The first kappa shape index (κ1) is 14.4. The highest BCUT2D eigenvalue weighted by Crippen LogP contribution is 2.36. The number of carbonyl (C=O) groups excluding carboxylic acids is 1. The summed E-state index contributed by atoms with van der Waals surface area (Å²) < 4.78 is 7.46. The molecule has 0 saturated heterocycles. The zero-order valence-corrected chi connectivity index (χ0v) is 13.4. The molecule has 0 spiro atoms. The van der Waals surface area contributed by atoms with Crippen molar-refractivity contribution in [3.8, 4) is 0 Å². The first-order chi connectivity index (χ1) is 10.1. The van der Waals surface area contributed by atoms with Crippen LogP contribution in [0, 0.1) is 0 Å². The summed E-state index contributed by atoms with van der Waals surface area (Å²) in [5.41, 5.74) is 0.985. The third-order valence-corrected chi connectivity index (χ3v) is 4.97. The van der Waals surface area contributed by atoms with Crippen molar-refractivity contribution >= 4 is 49.1 Å². The number of carbonyl (C=O) groups is 1. The van der Waals surface area contributed by atoms with Gasteiger partial charge in [0.1, 0.15) is 0 Å². The van der Waals surface area contributed by atoms with Crippen molar-refractivity contribution in [2.24, 2.45) is 0 Å². The molecule has 0 radical (unpaired) electrons. The molecular formula is C17H15ClO2S. The van der Waals surface area contributed by atoms with E-state index in [1.807, 2.05) is 38.1 Å². The topological polar surface area (TPSA) is 26.3 Å². The van der Waals surface area contributed by atoms with Gasteiger partial charge in [0.2, 0.25) is 0 Å². The van der Waals surface area contributed by atoms with E-state index >= 15 is 0 Å². The average molecular weight is 319 g/mol. The summed E-state index contributed by atoms with van der Waals surface area (Å²) in [6, 6.07) is 12.1. The Hall–Kier alpha value is -1.58. The molecule has 0 fully saturated rings. The second-order valence-corrected chi connectivity index (χ2v) is 6.49. The summed E-state index contributed by atoms with van der Waals surface area (Å²) in [5, 5.41) is 3.08. The van der Waals surface area contributed by atoms with E-state index in [4.69, 9.17) is 16.3 Å². The van der Waals surface area contributed by atoms with Crippen molar-refractivity contribution in [3.05, 3.63) is 47.0 Å². The fourth-order valence-corrected chi connectivity index (χ4v) is 3.75. The molecule has 0 aliphatic heterocycles. The van der Waals surface area contributed by atoms with Gasteiger partial charge in [0.25, 0.3) is 0 Å². The number of halogens is 1. The van der Waals surface area contributed by atoms with Crippen LogP contribution in [-0.4, -0.2) is 12.6 Å². The monoisotopic (exact) mass is 318 g/mol. The van der Waals surface area contributed by atoms with E-state index in [1.54, 1.807) is 11.3 Å². The van der Waals surface area contributed by atoms with Gasteiger partial charge in [-0.15, -0.1) is 11.3 Å². The summed E-state index contributed by atoms with van der Waals surface area (Å²) >= 11 is 7.79. The Morgan fingerprint density at radius 1 is 1.19 bits per heavy atom. The molecule has 108 valence electrons. The van der Waals surface area contributed by atoms with Crippen molar-refractivity contribution in [2.45, 2.75) is 19.8 Å². The first-order valence-electron chi connectivity index (χ1n) is 6.88. The molecule has 0 aliphatic carbocycles. The van der Waals surface area contributed by atoms with Crippen molar-refractivity contribution in [1.29, 1.82) is 0 Å². The van der Waals surface area contributed by atoms with E-state index in [-0.39, 0.29) is 11.9 Å². The first-order valence-corrected chi connectivity index (χ1v) is 8.08. The zero-order chi connectivity index (χ0) is 15.0. The maximum absolute atomic E-state index is 11.9. The Bertz CT molecular complexity index is 822. The second kappa shape index (κ2) is 5.66. The number of rotatable bonds is 3. The second-order valence-electron chi connectivity index (χ2n) is 4.97. The summed E-state index contributed by atoms with van der Waals surface area (Å²) in [6.45, 7) is 4.11. The Kier molecular flexibility index (Phi) is 3.87. The highest BCUT2D eigenvalue weighted by atomic mass is 35.5. The van der Waals surface area contributed by atoms with Crippen LogP contribution in [0.5, 0.6) is 0 Å². The van der Waals surface area contributed by atoms with Crippen LogP contribution in [0.4, 0.5) is 0 Å². The molecule has 1 unspecified atom stereocenters. The molecule has 0 amide bonds. The van der Waals surface area contributed by atoms with E-state index in [0.29, 0.717) is 6.61 Å². The number of ether oxygens (including phenoxy) is 1. The zero-order valence-electron chi connectivity index (χ0n) is 11.9. The molecular weight excluding hydrogens is 304 g/mol. The van der Waals surface area contributed by atoms with Crippen LogP contribution in [0.15, 0.2) is 36.4 Å². The van der Waals surface area contributed by atoms with Crippen LogP contribution in [0.2, 0.25) is 5.02 Å². The minimum absolute atomic E-state index is 0.180. The molecule has 0 bridgehead atoms. The number of hydrogen-bond donors (Lipinski definition) is 0. The molecule has 21 heavy (non-hydrogen) atoms. The normalized spacial score (nSPS) is 12.7. The predicted octanol–water partition coefficient (Wildman–Crippen LogP) is 5.37.